The van der Waals surface area contributed by atoms with Crippen molar-refractivity contribution in [3.8, 4) is 0 Å². The second-order valence-electron chi connectivity index (χ2n) is 4.60. The molecule has 1 N–H and O–H groups in total. The molecule has 80 valence electrons. The van der Waals surface area contributed by atoms with Crippen molar-refractivity contribution in [3.05, 3.63) is 17.3 Å². The molecule has 0 atom stereocenters. The number of aromatic nitrogens is 1. The smallest absolute Gasteiger partial charge is 0.295 e. The maximum absolute atomic E-state index is 11.4. The van der Waals surface area contributed by atoms with Crippen LogP contribution in [0.3, 0.4) is 0 Å². The molecular formula is C10H12N2O3. The van der Waals surface area contributed by atoms with Crippen molar-refractivity contribution in [1.29, 1.82) is 0 Å². The molecule has 2 heterocycles. The minimum absolute atomic E-state index is 0.112. The summed E-state index contributed by atoms with van der Waals surface area (Å²) in [6, 6.07) is 0. The lowest BCUT2D eigenvalue weighted by molar-refractivity contribution is -0.119. The predicted octanol–water partition coefficient (Wildman–Crippen LogP) is 0.785. The number of hydrogen-bond donors (Lipinski definition) is 1. The van der Waals surface area contributed by atoms with E-state index in [2.05, 4.69) is 10.3 Å². The van der Waals surface area contributed by atoms with Crippen LogP contribution in [0.5, 0.6) is 0 Å². The first-order valence-electron chi connectivity index (χ1n) is 4.72. The topological polar surface area (TPSA) is 72.2 Å². The Labute approximate surface area is 86.9 Å². The summed E-state index contributed by atoms with van der Waals surface area (Å²) in [5, 5.41) is 2.19. The Balaban J connectivity index is 2.48. The molecule has 2 rings (SSSR count). The van der Waals surface area contributed by atoms with Crippen LogP contribution in [0.15, 0.2) is 4.42 Å². The summed E-state index contributed by atoms with van der Waals surface area (Å²) < 4.78 is 5.36. The van der Waals surface area contributed by atoms with Crippen LogP contribution >= 0.6 is 0 Å². The van der Waals surface area contributed by atoms with Crippen LogP contribution in [-0.2, 0) is 16.6 Å². The van der Waals surface area contributed by atoms with Gasteiger partial charge in [-0.2, -0.15) is 0 Å². The summed E-state index contributed by atoms with van der Waals surface area (Å²) in [7, 11) is 0. The molecule has 1 aromatic rings. The minimum Gasteiger partial charge on any atom is -0.435 e. The second kappa shape index (κ2) is 2.92. The standard InChI is InChI=1S/C10H12N2O3/c1-10(2,3)9-11-5-4-6(13)12-8(14)7(5)15-9/h4H2,1-3H3,(H,12,13,14). The van der Waals surface area contributed by atoms with E-state index in [9.17, 15) is 9.59 Å². The van der Waals surface area contributed by atoms with Crippen LogP contribution in [0.25, 0.3) is 0 Å². The molecule has 0 unspecified atom stereocenters. The summed E-state index contributed by atoms with van der Waals surface area (Å²) in [4.78, 5) is 26.6. The van der Waals surface area contributed by atoms with Gasteiger partial charge >= 0.3 is 0 Å². The van der Waals surface area contributed by atoms with Crippen LogP contribution in [0.1, 0.15) is 42.9 Å². The lowest BCUT2D eigenvalue weighted by atomic mass is 9.97. The zero-order valence-corrected chi connectivity index (χ0v) is 8.88. The van der Waals surface area contributed by atoms with Gasteiger partial charge in [0.15, 0.2) is 0 Å². The molecule has 2 amide bonds. The lowest BCUT2D eigenvalue weighted by Crippen LogP contribution is -2.36. The van der Waals surface area contributed by atoms with Crippen molar-refractivity contribution in [2.45, 2.75) is 32.6 Å². The minimum atomic E-state index is -0.496. The van der Waals surface area contributed by atoms with Crippen LogP contribution < -0.4 is 5.32 Å². The fraction of sp³-hybridized carbons (Fsp3) is 0.500. The van der Waals surface area contributed by atoms with Gasteiger partial charge in [-0.15, -0.1) is 0 Å². The fourth-order valence-corrected chi connectivity index (χ4v) is 1.35. The molecule has 0 spiro atoms. The van der Waals surface area contributed by atoms with E-state index in [1.807, 2.05) is 20.8 Å². The number of fused-ring (bicyclic) bond motifs is 1. The van der Waals surface area contributed by atoms with Gasteiger partial charge in [-0.3, -0.25) is 14.9 Å². The van der Waals surface area contributed by atoms with Crippen molar-refractivity contribution in [2.24, 2.45) is 0 Å². The molecule has 0 saturated heterocycles. The molecule has 15 heavy (non-hydrogen) atoms. The van der Waals surface area contributed by atoms with Crippen molar-refractivity contribution >= 4 is 11.8 Å². The zero-order chi connectivity index (χ0) is 11.2. The number of rotatable bonds is 0. The fourth-order valence-electron chi connectivity index (χ4n) is 1.35. The number of nitrogens with zero attached hydrogens (tertiary/aromatic N) is 1. The molecule has 0 aromatic carbocycles. The van der Waals surface area contributed by atoms with E-state index in [1.54, 1.807) is 0 Å². The Morgan fingerprint density at radius 2 is 2.00 bits per heavy atom. The van der Waals surface area contributed by atoms with Crippen molar-refractivity contribution < 1.29 is 14.0 Å². The Kier molecular flexibility index (Phi) is 1.92. The Bertz CT molecular complexity index is 440. The van der Waals surface area contributed by atoms with E-state index in [-0.39, 0.29) is 23.5 Å². The predicted molar refractivity (Wildman–Crippen MR) is 51.4 cm³/mol. The molecule has 0 fully saturated rings. The first-order valence-corrected chi connectivity index (χ1v) is 4.72. The third-order valence-corrected chi connectivity index (χ3v) is 2.13. The van der Waals surface area contributed by atoms with E-state index in [0.29, 0.717) is 11.6 Å². The van der Waals surface area contributed by atoms with Gasteiger partial charge in [-0.1, -0.05) is 20.8 Å². The summed E-state index contributed by atoms with van der Waals surface area (Å²) in [6.07, 6.45) is 0.112. The summed E-state index contributed by atoms with van der Waals surface area (Å²) in [5.41, 5.74) is 0.175. The maximum Gasteiger partial charge on any atom is 0.295 e. The normalized spacial score (nSPS) is 16.2. The molecule has 0 aliphatic carbocycles. The van der Waals surface area contributed by atoms with Crippen LogP contribution in [-0.4, -0.2) is 16.8 Å². The number of oxazole rings is 1. The number of carbonyl (C=O) groups is 2. The highest BCUT2D eigenvalue weighted by Gasteiger charge is 2.31. The highest BCUT2D eigenvalue weighted by molar-refractivity contribution is 6.07. The zero-order valence-electron chi connectivity index (χ0n) is 8.88. The summed E-state index contributed by atoms with van der Waals surface area (Å²) in [6.45, 7) is 5.80. The summed E-state index contributed by atoms with van der Waals surface area (Å²) in [5.74, 6) is -0.178. The number of nitrogens with one attached hydrogen (secondary N) is 1. The number of imide groups is 1. The van der Waals surface area contributed by atoms with Gasteiger partial charge in [0, 0.05) is 5.41 Å². The maximum atomic E-state index is 11.4. The molecule has 1 aliphatic rings. The molecule has 0 radical (unpaired) electrons. The molecule has 1 aromatic heterocycles. The summed E-state index contributed by atoms with van der Waals surface area (Å²) >= 11 is 0. The van der Waals surface area contributed by atoms with E-state index in [1.165, 1.54) is 0 Å². The molecule has 5 heteroatoms. The molecule has 5 nitrogen and oxygen atoms in total. The van der Waals surface area contributed by atoms with Crippen molar-refractivity contribution in [2.75, 3.05) is 0 Å². The molecular weight excluding hydrogens is 196 g/mol. The number of hydrogen-bond acceptors (Lipinski definition) is 4. The first-order chi connectivity index (χ1) is 6.88. The molecule has 0 bridgehead atoms. The van der Waals surface area contributed by atoms with Gasteiger partial charge in [-0.25, -0.2) is 4.98 Å². The highest BCUT2D eigenvalue weighted by atomic mass is 16.4. The molecule has 1 aliphatic heterocycles. The highest BCUT2D eigenvalue weighted by Crippen LogP contribution is 2.25. The van der Waals surface area contributed by atoms with Gasteiger partial charge < -0.3 is 4.42 Å². The Morgan fingerprint density at radius 1 is 1.33 bits per heavy atom. The van der Waals surface area contributed by atoms with Gasteiger partial charge in [0.2, 0.25) is 17.6 Å². The van der Waals surface area contributed by atoms with Crippen LogP contribution in [0.4, 0.5) is 0 Å². The van der Waals surface area contributed by atoms with Gasteiger partial charge in [0.25, 0.3) is 5.91 Å². The first kappa shape index (κ1) is 9.89. The number of amides is 2. The van der Waals surface area contributed by atoms with E-state index in [4.69, 9.17) is 4.42 Å². The van der Waals surface area contributed by atoms with E-state index in [0.717, 1.165) is 0 Å². The second-order valence-corrected chi connectivity index (χ2v) is 4.60. The van der Waals surface area contributed by atoms with Gasteiger partial charge in [0.05, 0.1) is 6.42 Å². The third kappa shape index (κ3) is 1.65. The largest absolute Gasteiger partial charge is 0.435 e. The van der Waals surface area contributed by atoms with Gasteiger partial charge in [0.1, 0.15) is 5.69 Å². The monoisotopic (exact) mass is 208 g/mol. The van der Waals surface area contributed by atoms with Crippen LogP contribution in [0, 0.1) is 0 Å². The van der Waals surface area contributed by atoms with Crippen molar-refractivity contribution in [1.82, 2.24) is 10.3 Å². The number of carbonyl (C=O) groups excluding carboxylic acids is 2. The SMILES string of the molecule is CC(C)(C)c1nc2c(o1)C(=O)NC(=O)C2. The average molecular weight is 208 g/mol. The quantitative estimate of drug-likeness (QED) is 0.639. The van der Waals surface area contributed by atoms with Crippen LogP contribution in [0.2, 0.25) is 0 Å². The van der Waals surface area contributed by atoms with E-state index < -0.39 is 5.91 Å². The Hall–Kier alpha value is -1.65. The lowest BCUT2D eigenvalue weighted by Gasteiger charge is -2.11. The van der Waals surface area contributed by atoms with Crippen molar-refractivity contribution in [3.63, 3.8) is 0 Å². The van der Waals surface area contributed by atoms with E-state index >= 15 is 0 Å². The third-order valence-electron chi connectivity index (χ3n) is 2.13. The molecule has 0 saturated carbocycles. The van der Waals surface area contributed by atoms with Gasteiger partial charge in [-0.05, 0) is 0 Å². The Morgan fingerprint density at radius 3 is 2.60 bits per heavy atom. The average Bonchev–Trinajstić information content (AvgIpc) is 2.46.